The Hall–Kier alpha value is -2.40. The third kappa shape index (κ3) is 3.63. The molecule has 1 heterocycles. The smallest absolute Gasteiger partial charge is 0.337 e. The van der Waals surface area contributed by atoms with Crippen LogP contribution in [0, 0.1) is 6.92 Å². The molecule has 0 bridgehead atoms. The van der Waals surface area contributed by atoms with Crippen molar-refractivity contribution in [2.24, 2.45) is 0 Å². The number of ether oxygens (including phenoxy) is 2. The van der Waals surface area contributed by atoms with E-state index in [1.165, 1.54) is 0 Å². The standard InChI is InChI=1S/C23H25FO4/c1-14-4-8-18(15-5-6-15)21(20(14)22(23(25)26)28-12-10-24)17-7-9-19-16(13-17)3-2-11-27-19/h4,7-9,13,15,22H,2-3,5-6,10-12H2,1H3,(H,25,26). The van der Waals surface area contributed by atoms with Crippen LogP contribution in [0.2, 0.25) is 0 Å². The summed E-state index contributed by atoms with van der Waals surface area (Å²) < 4.78 is 23.9. The van der Waals surface area contributed by atoms with Gasteiger partial charge in [0.15, 0.2) is 6.10 Å². The van der Waals surface area contributed by atoms with E-state index in [4.69, 9.17) is 9.47 Å². The highest BCUT2D eigenvalue weighted by atomic mass is 19.1. The van der Waals surface area contributed by atoms with Crippen LogP contribution in [0.25, 0.3) is 11.1 Å². The Labute approximate surface area is 164 Å². The zero-order valence-electron chi connectivity index (χ0n) is 16.0. The number of carboxylic acids is 1. The van der Waals surface area contributed by atoms with Gasteiger partial charge in [-0.05, 0) is 78.5 Å². The van der Waals surface area contributed by atoms with Crippen LogP contribution in [0.4, 0.5) is 4.39 Å². The van der Waals surface area contributed by atoms with Crippen LogP contribution in [0.5, 0.6) is 5.75 Å². The zero-order chi connectivity index (χ0) is 19.7. The van der Waals surface area contributed by atoms with Crippen molar-refractivity contribution in [3.8, 4) is 16.9 Å². The van der Waals surface area contributed by atoms with Crippen molar-refractivity contribution in [1.82, 2.24) is 0 Å². The van der Waals surface area contributed by atoms with Crippen molar-refractivity contribution in [2.45, 2.75) is 44.6 Å². The van der Waals surface area contributed by atoms with Gasteiger partial charge in [-0.3, -0.25) is 0 Å². The van der Waals surface area contributed by atoms with E-state index in [-0.39, 0.29) is 6.61 Å². The minimum atomic E-state index is -1.18. The summed E-state index contributed by atoms with van der Waals surface area (Å²) in [5.74, 6) is 0.255. The van der Waals surface area contributed by atoms with Crippen molar-refractivity contribution in [3.63, 3.8) is 0 Å². The number of hydrogen-bond acceptors (Lipinski definition) is 3. The number of alkyl halides is 1. The van der Waals surface area contributed by atoms with Gasteiger partial charge < -0.3 is 14.6 Å². The summed E-state index contributed by atoms with van der Waals surface area (Å²) in [6.07, 6.45) is 2.95. The fourth-order valence-electron chi connectivity index (χ4n) is 4.09. The SMILES string of the molecule is Cc1ccc(C2CC2)c(-c2ccc3c(c2)CCCO3)c1C(OCCF)C(=O)O. The first-order valence-electron chi connectivity index (χ1n) is 9.90. The summed E-state index contributed by atoms with van der Waals surface area (Å²) in [5.41, 5.74) is 5.71. The molecule has 1 unspecified atom stereocenters. The normalized spacial score (nSPS) is 16.9. The highest BCUT2D eigenvalue weighted by Crippen LogP contribution is 2.48. The Bertz CT molecular complexity index is 888. The highest BCUT2D eigenvalue weighted by molar-refractivity contribution is 5.83. The van der Waals surface area contributed by atoms with Gasteiger partial charge in [0.2, 0.25) is 0 Å². The van der Waals surface area contributed by atoms with E-state index >= 15 is 0 Å². The summed E-state index contributed by atoms with van der Waals surface area (Å²) in [6, 6.07) is 10.2. The third-order valence-corrected chi connectivity index (χ3v) is 5.56. The lowest BCUT2D eigenvalue weighted by atomic mass is 9.85. The maximum Gasteiger partial charge on any atom is 0.337 e. The van der Waals surface area contributed by atoms with Gasteiger partial charge in [0.05, 0.1) is 13.2 Å². The molecule has 1 fully saturated rings. The second-order valence-electron chi connectivity index (χ2n) is 7.59. The number of aliphatic carboxylic acids is 1. The monoisotopic (exact) mass is 384 g/mol. The van der Waals surface area contributed by atoms with Gasteiger partial charge in [-0.25, -0.2) is 9.18 Å². The molecule has 28 heavy (non-hydrogen) atoms. The van der Waals surface area contributed by atoms with E-state index in [9.17, 15) is 14.3 Å². The molecule has 1 atom stereocenters. The molecule has 148 valence electrons. The number of carboxylic acid groups (broad SMARTS) is 1. The van der Waals surface area contributed by atoms with E-state index in [1.54, 1.807) is 0 Å². The first-order chi connectivity index (χ1) is 13.6. The Morgan fingerprint density at radius 3 is 2.86 bits per heavy atom. The summed E-state index contributed by atoms with van der Waals surface area (Å²) in [7, 11) is 0. The fourth-order valence-corrected chi connectivity index (χ4v) is 4.09. The largest absolute Gasteiger partial charge is 0.493 e. The Kier molecular flexibility index (Phi) is 5.36. The van der Waals surface area contributed by atoms with Gasteiger partial charge in [-0.1, -0.05) is 18.2 Å². The van der Waals surface area contributed by atoms with Crippen LogP contribution < -0.4 is 4.74 Å². The predicted molar refractivity (Wildman–Crippen MR) is 105 cm³/mol. The molecule has 4 rings (SSSR count). The van der Waals surface area contributed by atoms with Gasteiger partial charge in [0, 0.05) is 5.56 Å². The summed E-state index contributed by atoms with van der Waals surface area (Å²) in [4.78, 5) is 12.0. The van der Waals surface area contributed by atoms with Crippen LogP contribution in [0.1, 0.15) is 53.5 Å². The molecule has 0 saturated heterocycles. The number of aryl methyl sites for hydroxylation is 2. The van der Waals surface area contributed by atoms with Crippen molar-refractivity contribution in [2.75, 3.05) is 19.9 Å². The molecular weight excluding hydrogens is 359 g/mol. The Morgan fingerprint density at radius 2 is 2.14 bits per heavy atom. The molecule has 4 nitrogen and oxygen atoms in total. The topological polar surface area (TPSA) is 55.8 Å². The number of carbonyl (C=O) groups is 1. The van der Waals surface area contributed by atoms with Gasteiger partial charge >= 0.3 is 5.97 Å². The molecule has 1 aliphatic carbocycles. The molecule has 1 aliphatic heterocycles. The zero-order valence-corrected chi connectivity index (χ0v) is 16.0. The van der Waals surface area contributed by atoms with E-state index in [0.717, 1.165) is 65.9 Å². The maximum atomic E-state index is 12.7. The van der Waals surface area contributed by atoms with Crippen LogP contribution in [-0.4, -0.2) is 31.0 Å². The minimum Gasteiger partial charge on any atom is -0.493 e. The summed E-state index contributed by atoms with van der Waals surface area (Å²) in [5, 5.41) is 9.82. The molecule has 1 saturated carbocycles. The van der Waals surface area contributed by atoms with E-state index < -0.39 is 18.7 Å². The number of hydrogen-bond donors (Lipinski definition) is 1. The number of halogens is 1. The number of fused-ring (bicyclic) bond motifs is 1. The van der Waals surface area contributed by atoms with Gasteiger partial charge in [0.25, 0.3) is 0 Å². The molecule has 1 N–H and O–H groups in total. The molecule has 0 aromatic heterocycles. The molecule has 5 heteroatoms. The van der Waals surface area contributed by atoms with Gasteiger partial charge in [-0.15, -0.1) is 0 Å². The van der Waals surface area contributed by atoms with E-state index in [2.05, 4.69) is 12.1 Å². The lowest BCUT2D eigenvalue weighted by Gasteiger charge is -2.24. The minimum absolute atomic E-state index is 0.235. The van der Waals surface area contributed by atoms with E-state index in [1.807, 2.05) is 25.1 Å². The quantitative estimate of drug-likeness (QED) is 0.732. The first kappa shape index (κ1) is 18.9. The molecule has 0 radical (unpaired) electrons. The molecule has 0 amide bonds. The van der Waals surface area contributed by atoms with Crippen molar-refractivity contribution >= 4 is 5.97 Å². The second-order valence-corrected chi connectivity index (χ2v) is 7.59. The highest BCUT2D eigenvalue weighted by Gasteiger charge is 2.33. The summed E-state index contributed by atoms with van der Waals surface area (Å²) in [6.45, 7) is 1.68. The van der Waals surface area contributed by atoms with Crippen molar-refractivity contribution in [3.05, 3.63) is 52.6 Å². The first-order valence-corrected chi connectivity index (χ1v) is 9.90. The fraction of sp³-hybridized carbons (Fsp3) is 0.435. The Morgan fingerprint density at radius 1 is 1.32 bits per heavy atom. The molecule has 2 aromatic rings. The average Bonchev–Trinajstić information content (AvgIpc) is 3.53. The molecule has 2 aliphatic rings. The van der Waals surface area contributed by atoms with E-state index in [0.29, 0.717) is 11.5 Å². The van der Waals surface area contributed by atoms with Gasteiger partial charge in [-0.2, -0.15) is 0 Å². The van der Waals surface area contributed by atoms with Crippen molar-refractivity contribution < 1.29 is 23.8 Å². The average molecular weight is 384 g/mol. The maximum absolute atomic E-state index is 12.7. The number of benzene rings is 2. The lowest BCUT2D eigenvalue weighted by Crippen LogP contribution is -2.19. The third-order valence-electron chi connectivity index (χ3n) is 5.56. The second kappa shape index (κ2) is 7.92. The molecule has 0 spiro atoms. The number of rotatable bonds is 7. The lowest BCUT2D eigenvalue weighted by molar-refractivity contribution is -0.151. The van der Waals surface area contributed by atoms with Crippen LogP contribution in [-0.2, 0) is 16.0 Å². The predicted octanol–water partition coefficient (Wildman–Crippen LogP) is 4.98. The molecular formula is C23H25FO4. The summed E-state index contributed by atoms with van der Waals surface area (Å²) >= 11 is 0. The van der Waals surface area contributed by atoms with Crippen LogP contribution in [0.3, 0.4) is 0 Å². The van der Waals surface area contributed by atoms with Crippen LogP contribution in [0.15, 0.2) is 30.3 Å². The van der Waals surface area contributed by atoms with Crippen molar-refractivity contribution in [1.29, 1.82) is 0 Å². The Balaban J connectivity index is 1.89. The van der Waals surface area contributed by atoms with Crippen LogP contribution >= 0.6 is 0 Å². The molecule has 2 aromatic carbocycles. The van der Waals surface area contributed by atoms with Gasteiger partial charge in [0.1, 0.15) is 12.4 Å².